The van der Waals surface area contributed by atoms with Crippen molar-refractivity contribution in [3.8, 4) is 0 Å². The molecule has 0 radical (unpaired) electrons. The third-order valence-corrected chi connectivity index (χ3v) is 5.03. The van der Waals surface area contributed by atoms with Crippen LogP contribution in [0.3, 0.4) is 0 Å². The molecule has 1 aliphatic rings. The van der Waals surface area contributed by atoms with E-state index in [2.05, 4.69) is 26.6 Å². The van der Waals surface area contributed by atoms with Crippen molar-refractivity contribution >= 4 is 33.2 Å². The maximum Gasteiger partial charge on any atom is 0.252 e. The molecule has 0 bridgehead atoms. The number of hydrogen-bond donors (Lipinski definition) is 2. The molecule has 2 N–H and O–H groups in total. The molecule has 106 valence electrons. The Morgan fingerprint density at radius 1 is 1.26 bits per heavy atom. The van der Waals surface area contributed by atoms with Crippen molar-refractivity contribution in [2.24, 2.45) is 0 Å². The molecule has 5 heteroatoms. The first kappa shape index (κ1) is 15.0. The summed E-state index contributed by atoms with van der Waals surface area (Å²) in [6.45, 7) is 1.56. The summed E-state index contributed by atoms with van der Waals surface area (Å²) >= 11 is 4.91. The van der Waals surface area contributed by atoms with Crippen LogP contribution in [0, 0.1) is 0 Å². The van der Waals surface area contributed by atoms with E-state index in [1.54, 1.807) is 0 Å². The van der Waals surface area contributed by atoms with Crippen LogP contribution in [0.25, 0.3) is 0 Å². The second-order valence-corrected chi connectivity index (χ2v) is 7.33. The van der Waals surface area contributed by atoms with Gasteiger partial charge in [-0.1, -0.05) is 25.7 Å². The van der Waals surface area contributed by atoms with Gasteiger partial charge in [0, 0.05) is 24.5 Å². The number of nitrogens with one attached hydrogen (secondary N) is 2. The van der Waals surface area contributed by atoms with Gasteiger partial charge in [-0.2, -0.15) is 0 Å². The van der Waals surface area contributed by atoms with E-state index in [1.165, 1.54) is 49.9 Å². The van der Waals surface area contributed by atoms with E-state index < -0.39 is 0 Å². The van der Waals surface area contributed by atoms with Gasteiger partial charge in [0.2, 0.25) is 0 Å². The summed E-state index contributed by atoms with van der Waals surface area (Å²) in [5.74, 6) is 0.0182. The van der Waals surface area contributed by atoms with E-state index in [1.807, 2.05) is 11.4 Å². The van der Waals surface area contributed by atoms with Crippen molar-refractivity contribution < 1.29 is 4.79 Å². The fourth-order valence-corrected chi connectivity index (χ4v) is 3.60. The van der Waals surface area contributed by atoms with Crippen molar-refractivity contribution in [1.29, 1.82) is 0 Å². The number of thiophene rings is 1. The van der Waals surface area contributed by atoms with Gasteiger partial charge in [0.25, 0.3) is 5.91 Å². The second kappa shape index (κ2) is 8.02. The molecule has 0 spiro atoms. The fourth-order valence-electron chi connectivity index (χ4n) is 2.47. The molecule has 1 aromatic rings. The maximum absolute atomic E-state index is 11.8. The van der Waals surface area contributed by atoms with E-state index >= 15 is 0 Å². The highest BCUT2D eigenvalue weighted by molar-refractivity contribution is 9.11. The maximum atomic E-state index is 11.8. The van der Waals surface area contributed by atoms with Crippen molar-refractivity contribution in [3.63, 3.8) is 0 Å². The Morgan fingerprint density at radius 3 is 2.63 bits per heavy atom. The molecule has 1 aromatic heterocycles. The van der Waals surface area contributed by atoms with Gasteiger partial charge in [0.15, 0.2) is 0 Å². The molecule has 19 heavy (non-hydrogen) atoms. The average molecular weight is 345 g/mol. The van der Waals surface area contributed by atoms with Crippen LogP contribution in [0.5, 0.6) is 0 Å². The lowest BCUT2D eigenvalue weighted by Gasteiger charge is -2.16. The second-order valence-electron chi connectivity index (χ2n) is 5.04. The molecule has 0 atom stereocenters. The van der Waals surface area contributed by atoms with Crippen LogP contribution in [0.1, 0.15) is 48.9 Å². The molecule has 1 amide bonds. The highest BCUT2D eigenvalue weighted by Gasteiger charge is 2.11. The summed E-state index contributed by atoms with van der Waals surface area (Å²) in [5.41, 5.74) is 0.742. The molecule has 3 nitrogen and oxygen atoms in total. The highest BCUT2D eigenvalue weighted by Crippen LogP contribution is 2.20. The number of hydrogen-bond acceptors (Lipinski definition) is 3. The minimum atomic E-state index is 0.0182. The van der Waals surface area contributed by atoms with Crippen LogP contribution in [0.2, 0.25) is 0 Å². The average Bonchev–Trinajstić information content (AvgIpc) is 2.68. The van der Waals surface area contributed by atoms with Crippen molar-refractivity contribution in [1.82, 2.24) is 10.6 Å². The molecule has 2 rings (SSSR count). The number of carbonyl (C=O) groups excluding carboxylic acids is 1. The van der Waals surface area contributed by atoms with Gasteiger partial charge >= 0.3 is 0 Å². The first-order valence-electron chi connectivity index (χ1n) is 7.01. The lowest BCUT2D eigenvalue weighted by Crippen LogP contribution is -2.36. The topological polar surface area (TPSA) is 41.1 Å². The lowest BCUT2D eigenvalue weighted by molar-refractivity contribution is 0.0954. The minimum absolute atomic E-state index is 0.0182. The van der Waals surface area contributed by atoms with Gasteiger partial charge in [-0.05, 0) is 34.8 Å². The summed E-state index contributed by atoms with van der Waals surface area (Å²) < 4.78 is 0.995. The molecule has 0 unspecified atom stereocenters. The van der Waals surface area contributed by atoms with Crippen molar-refractivity contribution in [2.75, 3.05) is 13.1 Å². The molecular weight excluding hydrogens is 324 g/mol. The Balaban J connectivity index is 1.62. The Labute approximate surface area is 127 Å². The third kappa shape index (κ3) is 5.24. The van der Waals surface area contributed by atoms with Crippen LogP contribution in [0.15, 0.2) is 15.2 Å². The predicted molar refractivity (Wildman–Crippen MR) is 83.8 cm³/mol. The number of carbonyl (C=O) groups is 1. The van der Waals surface area contributed by atoms with E-state index in [4.69, 9.17) is 0 Å². The summed E-state index contributed by atoms with van der Waals surface area (Å²) in [4.78, 5) is 11.8. The lowest BCUT2D eigenvalue weighted by atomic mass is 10.1. The zero-order chi connectivity index (χ0) is 13.5. The van der Waals surface area contributed by atoms with Crippen LogP contribution in [-0.4, -0.2) is 25.0 Å². The van der Waals surface area contributed by atoms with Gasteiger partial charge in [-0.25, -0.2) is 0 Å². The molecule has 1 fully saturated rings. The number of rotatable bonds is 5. The fraction of sp³-hybridized carbons (Fsp3) is 0.643. The molecule has 0 saturated heterocycles. The smallest absolute Gasteiger partial charge is 0.252 e. The zero-order valence-electron chi connectivity index (χ0n) is 11.1. The highest BCUT2D eigenvalue weighted by atomic mass is 79.9. The normalized spacial score (nSPS) is 17.1. The van der Waals surface area contributed by atoms with Crippen LogP contribution < -0.4 is 10.6 Å². The molecule has 1 aliphatic carbocycles. The third-order valence-electron chi connectivity index (χ3n) is 3.53. The van der Waals surface area contributed by atoms with E-state index in [9.17, 15) is 4.79 Å². The minimum Gasteiger partial charge on any atom is -0.351 e. The van der Waals surface area contributed by atoms with Crippen LogP contribution in [-0.2, 0) is 0 Å². The summed E-state index contributed by atoms with van der Waals surface area (Å²) in [5, 5.41) is 8.38. The quantitative estimate of drug-likeness (QED) is 0.633. The molecule has 1 saturated carbocycles. The Hall–Kier alpha value is -0.390. The van der Waals surface area contributed by atoms with Gasteiger partial charge < -0.3 is 10.6 Å². The molecule has 1 heterocycles. The van der Waals surface area contributed by atoms with E-state index in [0.717, 1.165) is 15.9 Å². The van der Waals surface area contributed by atoms with Gasteiger partial charge in [-0.15, -0.1) is 11.3 Å². The Kier molecular flexibility index (Phi) is 6.34. The summed E-state index contributed by atoms with van der Waals surface area (Å²) in [6, 6.07) is 2.51. The first-order valence-corrected chi connectivity index (χ1v) is 8.68. The molecule has 0 aliphatic heterocycles. The van der Waals surface area contributed by atoms with Gasteiger partial charge in [0.05, 0.1) is 9.35 Å². The summed E-state index contributed by atoms with van der Waals surface area (Å²) in [7, 11) is 0. The number of halogens is 1. The molecular formula is C14H21BrN2OS. The largest absolute Gasteiger partial charge is 0.351 e. The monoisotopic (exact) mass is 344 g/mol. The summed E-state index contributed by atoms with van der Waals surface area (Å²) in [6.07, 6.45) is 8.00. The SMILES string of the molecule is O=C(NCCNC1CCCCCC1)c1csc(Br)c1. The Bertz CT molecular complexity index is 400. The first-order chi connectivity index (χ1) is 9.25. The van der Waals surface area contributed by atoms with Gasteiger partial charge in [0.1, 0.15) is 0 Å². The van der Waals surface area contributed by atoms with E-state index in [0.29, 0.717) is 12.6 Å². The molecule has 0 aromatic carbocycles. The van der Waals surface area contributed by atoms with Gasteiger partial charge in [-0.3, -0.25) is 4.79 Å². The van der Waals surface area contributed by atoms with E-state index in [-0.39, 0.29) is 5.91 Å². The number of amides is 1. The van der Waals surface area contributed by atoms with Crippen LogP contribution in [0.4, 0.5) is 0 Å². The standard InChI is InChI=1S/C14H21BrN2OS/c15-13-9-11(10-19-13)14(18)17-8-7-16-12-5-3-1-2-4-6-12/h9-10,12,16H,1-8H2,(H,17,18). The van der Waals surface area contributed by atoms with Crippen LogP contribution >= 0.6 is 27.3 Å². The Morgan fingerprint density at radius 2 is 2.00 bits per heavy atom. The zero-order valence-corrected chi connectivity index (χ0v) is 13.5. The van der Waals surface area contributed by atoms with Crippen molar-refractivity contribution in [2.45, 2.75) is 44.6 Å². The predicted octanol–water partition coefficient (Wildman–Crippen LogP) is 3.55. The van der Waals surface area contributed by atoms with Crippen molar-refractivity contribution in [3.05, 3.63) is 20.8 Å².